The Kier molecular flexibility index (Phi) is 12.2. The van der Waals surface area contributed by atoms with E-state index < -0.39 is 11.6 Å². The highest BCUT2D eigenvalue weighted by Gasteiger charge is 2.09. The molecular weight excluding hydrogens is 544 g/mol. The lowest BCUT2D eigenvalue weighted by molar-refractivity contribution is -0.107. The van der Waals surface area contributed by atoms with E-state index in [0.29, 0.717) is 12.9 Å². The Bertz CT molecular complexity index is 1510. The zero-order chi connectivity index (χ0) is 29.6. The molecule has 0 atom stereocenters. The number of ether oxygens (including phenoxy) is 1. The summed E-state index contributed by atoms with van der Waals surface area (Å²) < 4.78 is 31.5. The minimum Gasteiger partial charge on any atom is -0.487 e. The topological polar surface area (TPSA) is 55.3 Å². The number of aldehydes is 1. The van der Waals surface area contributed by atoms with Crippen LogP contribution in [0.5, 0.6) is 5.75 Å². The molecule has 0 saturated heterocycles. The van der Waals surface area contributed by atoms with Gasteiger partial charge in [-0.3, -0.25) is 4.98 Å². The van der Waals surface area contributed by atoms with Gasteiger partial charge in [0.15, 0.2) is 0 Å². The second-order valence-corrected chi connectivity index (χ2v) is 9.15. The Hall–Kier alpha value is -4.36. The number of carbonyl (C=O) groups is 1. The summed E-state index contributed by atoms with van der Waals surface area (Å²) in [6.45, 7) is 5.27. The molecule has 0 N–H and O–H groups in total. The van der Waals surface area contributed by atoms with Crippen LogP contribution in [0, 0.1) is 11.6 Å². The predicted octanol–water partition coefficient (Wildman–Crippen LogP) is 8.23. The van der Waals surface area contributed by atoms with Gasteiger partial charge in [-0.2, -0.15) is 0 Å². The zero-order valence-corrected chi connectivity index (χ0v) is 24.0. The molecule has 212 valence electrons. The molecule has 0 amide bonds. The summed E-state index contributed by atoms with van der Waals surface area (Å²) in [6, 6.07) is 26.3. The van der Waals surface area contributed by atoms with Crippen LogP contribution in [0.25, 0.3) is 10.9 Å². The first-order valence-corrected chi connectivity index (χ1v) is 13.6. The van der Waals surface area contributed by atoms with Crippen molar-refractivity contribution in [2.45, 2.75) is 33.4 Å². The zero-order valence-electron chi connectivity index (χ0n) is 23.2. The Morgan fingerprint density at radius 2 is 1.63 bits per heavy atom. The first-order chi connectivity index (χ1) is 19.9. The monoisotopic (exact) mass is 575 g/mol. The average molecular weight is 576 g/mol. The summed E-state index contributed by atoms with van der Waals surface area (Å²) in [6.07, 6.45) is 3.86. The minimum absolute atomic E-state index is 0.0142. The van der Waals surface area contributed by atoms with Gasteiger partial charge in [0.05, 0.1) is 11.2 Å². The van der Waals surface area contributed by atoms with E-state index in [0.717, 1.165) is 46.7 Å². The van der Waals surface area contributed by atoms with E-state index in [9.17, 15) is 13.6 Å². The standard InChI is InChI=1S/C23H21N3O.C8H5ClF2O.C2H6/c1-26(16-18-5-4-14-24-15-18)21-10-12-22(13-11-21)27-17-20-9-8-19-6-2-3-7-23(19)25-20;9-5-3-7(10)6(1-2-12)8(11)4-5;1-2/h2-15H,16-17H2,1H3;2-4H,1H2;1-2H3. The third-order valence-corrected chi connectivity index (χ3v) is 6.07. The predicted molar refractivity (Wildman–Crippen MR) is 161 cm³/mol. The number of benzene rings is 3. The lowest BCUT2D eigenvalue weighted by atomic mass is 10.1. The highest BCUT2D eigenvalue weighted by molar-refractivity contribution is 6.30. The second kappa shape index (κ2) is 16.0. The number of rotatable bonds is 8. The highest BCUT2D eigenvalue weighted by atomic mass is 35.5. The van der Waals surface area contributed by atoms with Crippen LogP contribution in [0.4, 0.5) is 14.5 Å². The molecule has 0 unspecified atom stereocenters. The molecule has 0 aliphatic rings. The van der Waals surface area contributed by atoms with Gasteiger partial charge in [0.2, 0.25) is 0 Å². The summed E-state index contributed by atoms with van der Waals surface area (Å²) in [4.78, 5) is 21.0. The quantitative estimate of drug-likeness (QED) is 0.174. The molecule has 0 aliphatic carbocycles. The van der Waals surface area contributed by atoms with Crippen molar-refractivity contribution in [1.82, 2.24) is 9.97 Å². The number of fused-ring (bicyclic) bond motifs is 1. The van der Waals surface area contributed by atoms with Crippen LogP contribution in [-0.2, 0) is 24.4 Å². The molecular formula is C33H32ClF2N3O2. The molecule has 3 aromatic carbocycles. The van der Waals surface area contributed by atoms with Crippen molar-refractivity contribution in [3.63, 3.8) is 0 Å². The molecule has 8 heteroatoms. The number of hydrogen-bond donors (Lipinski definition) is 0. The number of anilines is 1. The molecule has 5 aromatic rings. The average Bonchev–Trinajstić information content (AvgIpc) is 3.00. The summed E-state index contributed by atoms with van der Waals surface area (Å²) >= 11 is 5.35. The fourth-order valence-corrected chi connectivity index (χ4v) is 4.04. The summed E-state index contributed by atoms with van der Waals surface area (Å²) in [5, 5.41) is 1.13. The van der Waals surface area contributed by atoms with Crippen LogP contribution in [0.3, 0.4) is 0 Å². The number of pyridine rings is 2. The van der Waals surface area contributed by atoms with Crippen molar-refractivity contribution in [2.75, 3.05) is 11.9 Å². The van der Waals surface area contributed by atoms with Crippen LogP contribution < -0.4 is 9.64 Å². The fraction of sp³-hybridized carbons (Fsp3) is 0.182. The van der Waals surface area contributed by atoms with Crippen LogP contribution in [-0.4, -0.2) is 23.3 Å². The van der Waals surface area contributed by atoms with Crippen LogP contribution in [0.15, 0.2) is 97.3 Å². The molecule has 0 spiro atoms. The number of halogens is 3. The molecule has 2 aromatic heterocycles. The van der Waals surface area contributed by atoms with Gasteiger partial charge in [-0.25, -0.2) is 13.8 Å². The van der Waals surface area contributed by atoms with E-state index in [2.05, 4.69) is 52.2 Å². The normalized spacial score (nSPS) is 10.1. The minimum atomic E-state index is -0.785. The number of carbonyl (C=O) groups excluding carboxylic acids is 1. The summed E-state index contributed by atoms with van der Waals surface area (Å²) in [5.74, 6) is -0.734. The maximum absolute atomic E-state index is 12.8. The Morgan fingerprint density at radius 3 is 2.29 bits per heavy atom. The lowest BCUT2D eigenvalue weighted by Gasteiger charge is -2.19. The number of para-hydroxylation sites is 1. The molecule has 2 heterocycles. The van der Waals surface area contributed by atoms with Crippen LogP contribution >= 0.6 is 11.6 Å². The number of hydrogen-bond acceptors (Lipinski definition) is 5. The SMILES string of the molecule is CC.CN(Cc1cccnc1)c1ccc(OCc2ccc3ccccc3n2)cc1.O=CCc1c(F)cc(Cl)cc1F. The van der Waals surface area contributed by atoms with Crippen molar-refractivity contribution in [1.29, 1.82) is 0 Å². The molecule has 41 heavy (non-hydrogen) atoms. The second-order valence-electron chi connectivity index (χ2n) is 8.71. The molecule has 0 radical (unpaired) electrons. The Balaban J connectivity index is 0.000000278. The first-order valence-electron chi connectivity index (χ1n) is 13.2. The maximum atomic E-state index is 12.8. The summed E-state index contributed by atoms with van der Waals surface area (Å²) in [7, 11) is 2.07. The van der Waals surface area contributed by atoms with E-state index in [1.165, 1.54) is 5.56 Å². The van der Waals surface area contributed by atoms with Crippen molar-refractivity contribution < 1.29 is 18.3 Å². The molecule has 0 fully saturated rings. The molecule has 0 aliphatic heterocycles. The van der Waals surface area contributed by atoms with Gasteiger partial charge in [0, 0.05) is 54.1 Å². The maximum Gasteiger partial charge on any atom is 0.131 e. The lowest BCUT2D eigenvalue weighted by Crippen LogP contribution is -2.16. The first kappa shape index (κ1) is 31.2. The van der Waals surface area contributed by atoms with Crippen molar-refractivity contribution in [3.05, 3.63) is 131 Å². The van der Waals surface area contributed by atoms with Gasteiger partial charge in [-0.15, -0.1) is 0 Å². The van der Waals surface area contributed by atoms with E-state index in [1.807, 2.05) is 62.5 Å². The summed E-state index contributed by atoms with van der Waals surface area (Å²) in [5.41, 5.74) is 3.99. The molecule has 5 rings (SSSR count). The van der Waals surface area contributed by atoms with Gasteiger partial charge in [0.1, 0.15) is 30.3 Å². The van der Waals surface area contributed by atoms with E-state index in [-0.39, 0.29) is 17.0 Å². The third-order valence-electron chi connectivity index (χ3n) is 5.86. The fourth-order valence-electron chi connectivity index (χ4n) is 3.85. The van der Waals surface area contributed by atoms with Crippen LogP contribution in [0.1, 0.15) is 30.7 Å². The van der Waals surface area contributed by atoms with Gasteiger partial charge < -0.3 is 14.4 Å². The molecule has 0 saturated carbocycles. The third kappa shape index (κ3) is 9.36. The molecule has 5 nitrogen and oxygen atoms in total. The van der Waals surface area contributed by atoms with Crippen molar-refractivity contribution >= 4 is 34.5 Å². The van der Waals surface area contributed by atoms with Crippen molar-refractivity contribution in [2.24, 2.45) is 0 Å². The Labute approximate surface area is 244 Å². The van der Waals surface area contributed by atoms with E-state index in [4.69, 9.17) is 16.3 Å². The largest absolute Gasteiger partial charge is 0.487 e. The van der Waals surface area contributed by atoms with Gasteiger partial charge >= 0.3 is 0 Å². The smallest absolute Gasteiger partial charge is 0.131 e. The van der Waals surface area contributed by atoms with Gasteiger partial charge in [-0.05, 0) is 60.2 Å². The number of aromatic nitrogens is 2. The highest BCUT2D eigenvalue weighted by Crippen LogP contribution is 2.21. The van der Waals surface area contributed by atoms with E-state index in [1.54, 1.807) is 6.20 Å². The van der Waals surface area contributed by atoms with Gasteiger partial charge in [0.25, 0.3) is 0 Å². The number of nitrogens with zero attached hydrogens (tertiary/aromatic N) is 3. The Morgan fingerprint density at radius 1 is 0.927 bits per heavy atom. The van der Waals surface area contributed by atoms with Gasteiger partial charge in [-0.1, -0.05) is 55.8 Å². The van der Waals surface area contributed by atoms with Crippen molar-refractivity contribution in [3.8, 4) is 5.75 Å². The van der Waals surface area contributed by atoms with Crippen LogP contribution in [0.2, 0.25) is 5.02 Å². The van der Waals surface area contributed by atoms with E-state index >= 15 is 0 Å². The molecule has 0 bridgehead atoms.